The molecule has 0 radical (unpaired) electrons. The molecule has 0 aromatic heterocycles. The summed E-state index contributed by atoms with van der Waals surface area (Å²) in [7, 11) is 0. The maximum Gasteiger partial charge on any atom is 0.142 e. The summed E-state index contributed by atoms with van der Waals surface area (Å²) in [6.45, 7) is 8.50. The fourth-order valence-electron chi connectivity index (χ4n) is 3.22. The fraction of sp³-hybridized carbons (Fsp3) is 0.647. The zero-order valence-electron chi connectivity index (χ0n) is 12.8. The first-order chi connectivity index (χ1) is 9.60. The molecule has 0 heterocycles. The Morgan fingerprint density at radius 1 is 1.20 bits per heavy atom. The minimum Gasteiger partial charge on any atom is -0.489 e. The predicted molar refractivity (Wildman–Crippen MR) is 85.4 cm³/mol. The monoisotopic (exact) mass is 295 g/mol. The van der Waals surface area contributed by atoms with Gasteiger partial charge in [0.15, 0.2) is 0 Å². The van der Waals surface area contributed by atoms with Gasteiger partial charge in [-0.1, -0.05) is 44.5 Å². The van der Waals surface area contributed by atoms with Crippen molar-refractivity contribution in [1.29, 1.82) is 0 Å². The summed E-state index contributed by atoms with van der Waals surface area (Å²) in [5, 5.41) is 4.08. The van der Waals surface area contributed by atoms with Crippen molar-refractivity contribution in [2.45, 2.75) is 52.7 Å². The molecule has 0 aliphatic heterocycles. The van der Waals surface area contributed by atoms with Gasteiger partial charge in [-0.3, -0.25) is 0 Å². The van der Waals surface area contributed by atoms with Crippen LogP contribution < -0.4 is 10.1 Å². The minimum atomic E-state index is 0.300. The van der Waals surface area contributed by atoms with Gasteiger partial charge in [0.1, 0.15) is 5.75 Å². The largest absolute Gasteiger partial charge is 0.489 e. The van der Waals surface area contributed by atoms with E-state index >= 15 is 0 Å². The van der Waals surface area contributed by atoms with E-state index in [1.54, 1.807) is 0 Å². The van der Waals surface area contributed by atoms with Crippen molar-refractivity contribution in [1.82, 2.24) is 5.32 Å². The molecule has 1 fully saturated rings. The van der Waals surface area contributed by atoms with Crippen LogP contribution in [0.1, 0.15) is 45.6 Å². The third-order valence-electron chi connectivity index (χ3n) is 4.03. The first kappa shape index (κ1) is 15.7. The lowest BCUT2D eigenvalue weighted by atomic mass is 9.82. The summed E-state index contributed by atoms with van der Waals surface area (Å²) in [5.41, 5.74) is 1.16. The number of halogens is 1. The van der Waals surface area contributed by atoms with Crippen molar-refractivity contribution in [3.05, 3.63) is 28.8 Å². The Morgan fingerprint density at radius 3 is 2.55 bits per heavy atom. The number of hydrogen-bond donors (Lipinski definition) is 1. The number of rotatable bonds is 5. The Bertz CT molecular complexity index is 425. The van der Waals surface area contributed by atoms with Gasteiger partial charge in [0.2, 0.25) is 0 Å². The molecule has 2 atom stereocenters. The minimum absolute atomic E-state index is 0.300. The van der Waals surface area contributed by atoms with Crippen molar-refractivity contribution in [2.24, 2.45) is 11.8 Å². The Hall–Kier alpha value is -0.730. The molecule has 1 saturated carbocycles. The van der Waals surface area contributed by atoms with Gasteiger partial charge in [-0.15, -0.1) is 0 Å². The number of hydrogen-bond acceptors (Lipinski definition) is 2. The van der Waals surface area contributed by atoms with Crippen LogP contribution in [0.15, 0.2) is 18.2 Å². The molecule has 1 aliphatic rings. The van der Waals surface area contributed by atoms with Crippen LogP contribution in [0.3, 0.4) is 0 Å². The first-order valence-electron chi connectivity index (χ1n) is 7.74. The molecule has 0 amide bonds. The molecule has 1 aliphatic carbocycles. The summed E-state index contributed by atoms with van der Waals surface area (Å²) in [4.78, 5) is 0. The molecule has 1 aromatic carbocycles. The summed E-state index contributed by atoms with van der Waals surface area (Å²) < 4.78 is 6.28. The Morgan fingerprint density at radius 2 is 1.90 bits per heavy atom. The quantitative estimate of drug-likeness (QED) is 0.853. The van der Waals surface area contributed by atoms with E-state index in [1.807, 2.05) is 12.1 Å². The molecule has 112 valence electrons. The van der Waals surface area contributed by atoms with Gasteiger partial charge >= 0.3 is 0 Å². The van der Waals surface area contributed by atoms with E-state index < -0.39 is 0 Å². The maximum atomic E-state index is 6.35. The lowest BCUT2D eigenvalue weighted by Crippen LogP contribution is -2.29. The number of para-hydroxylation sites is 1. The van der Waals surface area contributed by atoms with E-state index in [0.717, 1.165) is 54.1 Å². The Kier molecular flexibility index (Phi) is 5.74. The van der Waals surface area contributed by atoms with Gasteiger partial charge in [0, 0.05) is 12.1 Å². The third kappa shape index (κ3) is 4.13. The zero-order chi connectivity index (χ0) is 14.5. The fourth-order valence-corrected chi connectivity index (χ4v) is 3.46. The van der Waals surface area contributed by atoms with Crippen LogP contribution in [0.5, 0.6) is 5.75 Å². The van der Waals surface area contributed by atoms with Gasteiger partial charge in [-0.25, -0.2) is 0 Å². The highest BCUT2D eigenvalue weighted by Crippen LogP contribution is 2.35. The highest BCUT2D eigenvalue weighted by molar-refractivity contribution is 6.32. The second-order valence-corrected chi connectivity index (χ2v) is 6.57. The van der Waals surface area contributed by atoms with Gasteiger partial charge in [0.05, 0.1) is 11.1 Å². The molecule has 2 nitrogen and oxygen atoms in total. The molecule has 1 aromatic rings. The van der Waals surface area contributed by atoms with E-state index in [1.165, 1.54) is 6.42 Å². The molecule has 2 rings (SSSR count). The molecule has 0 spiro atoms. The second kappa shape index (κ2) is 7.33. The van der Waals surface area contributed by atoms with Gasteiger partial charge in [0.25, 0.3) is 0 Å². The SMILES string of the molecule is CCNCc1cccc(Cl)c1OC1CC(C)CC(C)C1. The molecule has 3 heteroatoms. The highest BCUT2D eigenvalue weighted by atomic mass is 35.5. The Balaban J connectivity index is 2.11. The predicted octanol–water partition coefficient (Wildman–Crippen LogP) is 4.65. The molecular weight excluding hydrogens is 270 g/mol. The topological polar surface area (TPSA) is 21.3 Å². The van der Waals surface area contributed by atoms with E-state index in [-0.39, 0.29) is 0 Å². The standard InChI is InChI=1S/C17H26ClNO/c1-4-19-11-14-6-5-7-16(18)17(14)20-15-9-12(2)8-13(3)10-15/h5-7,12-13,15,19H,4,8-11H2,1-3H3. The molecule has 20 heavy (non-hydrogen) atoms. The van der Waals surface area contributed by atoms with Crippen molar-refractivity contribution < 1.29 is 4.74 Å². The van der Waals surface area contributed by atoms with Crippen LogP contribution in [0.25, 0.3) is 0 Å². The van der Waals surface area contributed by atoms with E-state index in [4.69, 9.17) is 16.3 Å². The molecule has 0 bridgehead atoms. The summed E-state index contributed by atoms with van der Waals surface area (Å²) in [6.07, 6.45) is 3.88. The van der Waals surface area contributed by atoms with E-state index in [2.05, 4.69) is 32.2 Å². The van der Waals surface area contributed by atoms with Crippen molar-refractivity contribution in [2.75, 3.05) is 6.54 Å². The lowest BCUT2D eigenvalue weighted by molar-refractivity contribution is 0.100. The van der Waals surface area contributed by atoms with Crippen LogP contribution in [0.2, 0.25) is 5.02 Å². The zero-order valence-corrected chi connectivity index (χ0v) is 13.5. The molecule has 1 N–H and O–H groups in total. The lowest BCUT2D eigenvalue weighted by Gasteiger charge is -2.32. The normalized spacial score (nSPS) is 26.5. The average Bonchev–Trinajstić information content (AvgIpc) is 2.38. The van der Waals surface area contributed by atoms with Gasteiger partial charge < -0.3 is 10.1 Å². The van der Waals surface area contributed by atoms with Gasteiger partial charge in [-0.2, -0.15) is 0 Å². The maximum absolute atomic E-state index is 6.35. The number of ether oxygens (including phenoxy) is 1. The van der Waals surface area contributed by atoms with Crippen LogP contribution in [-0.2, 0) is 6.54 Å². The van der Waals surface area contributed by atoms with Crippen LogP contribution in [0, 0.1) is 11.8 Å². The van der Waals surface area contributed by atoms with Gasteiger partial charge in [-0.05, 0) is 43.7 Å². The third-order valence-corrected chi connectivity index (χ3v) is 4.33. The van der Waals surface area contributed by atoms with Crippen molar-refractivity contribution >= 4 is 11.6 Å². The average molecular weight is 296 g/mol. The number of nitrogens with one attached hydrogen (secondary N) is 1. The first-order valence-corrected chi connectivity index (χ1v) is 8.12. The smallest absolute Gasteiger partial charge is 0.142 e. The summed E-state index contributed by atoms with van der Waals surface area (Å²) in [6, 6.07) is 6.01. The van der Waals surface area contributed by atoms with Crippen LogP contribution in [0.4, 0.5) is 0 Å². The van der Waals surface area contributed by atoms with E-state index in [0.29, 0.717) is 6.10 Å². The second-order valence-electron chi connectivity index (χ2n) is 6.17. The van der Waals surface area contributed by atoms with Crippen molar-refractivity contribution in [3.8, 4) is 5.75 Å². The Labute approximate surface area is 127 Å². The van der Waals surface area contributed by atoms with Crippen LogP contribution >= 0.6 is 11.6 Å². The van der Waals surface area contributed by atoms with E-state index in [9.17, 15) is 0 Å². The summed E-state index contributed by atoms with van der Waals surface area (Å²) >= 11 is 6.35. The summed E-state index contributed by atoms with van der Waals surface area (Å²) in [5.74, 6) is 2.35. The van der Waals surface area contributed by atoms with Crippen molar-refractivity contribution in [3.63, 3.8) is 0 Å². The highest BCUT2D eigenvalue weighted by Gasteiger charge is 2.26. The molecule has 2 unspecified atom stereocenters. The molecule has 0 saturated heterocycles. The number of benzene rings is 1. The van der Waals surface area contributed by atoms with Crippen LogP contribution in [-0.4, -0.2) is 12.6 Å². The molecular formula is C17H26ClNO.